The topological polar surface area (TPSA) is 46.5 Å². The number of phenols is 1. The zero-order chi connectivity index (χ0) is 29.2. The third-order valence-electron chi connectivity index (χ3n) is 7.89. The second-order valence-corrected chi connectivity index (χ2v) is 13.9. The van der Waals surface area contributed by atoms with E-state index < -0.39 is 0 Å². The van der Waals surface area contributed by atoms with Crippen molar-refractivity contribution >= 4 is 5.97 Å². The molecule has 0 aliphatic heterocycles. The normalized spacial score (nSPS) is 12.2. The Balaban J connectivity index is 2.10. The lowest BCUT2D eigenvalue weighted by Crippen LogP contribution is -2.18. The number of esters is 1. The molecule has 226 valence electrons. The molecule has 0 amide bonds. The van der Waals surface area contributed by atoms with Crippen LogP contribution in [0.2, 0.25) is 0 Å². The number of rotatable bonds is 21. The Bertz CT molecular complexity index is 746. The number of aromatic hydroxyl groups is 1. The number of carbonyl (C=O) groups is 1. The molecule has 0 aromatic heterocycles. The first-order chi connectivity index (χ1) is 18.5. The van der Waals surface area contributed by atoms with Gasteiger partial charge in [-0.25, -0.2) is 0 Å². The van der Waals surface area contributed by atoms with E-state index in [1.54, 1.807) is 0 Å². The lowest BCUT2D eigenvalue weighted by atomic mass is 9.78. The summed E-state index contributed by atoms with van der Waals surface area (Å²) in [7, 11) is 0. The molecular formula is C36H64O3. The number of hydrogen-bond donors (Lipinski definition) is 1. The van der Waals surface area contributed by atoms with Crippen LogP contribution < -0.4 is 0 Å². The number of unbranched alkanes of at least 4 members (excludes halogenated alkanes) is 15. The fourth-order valence-electron chi connectivity index (χ4n) is 5.33. The second kappa shape index (κ2) is 19.5. The molecule has 1 N–H and O–H groups in total. The zero-order valence-electron chi connectivity index (χ0n) is 27.1. The molecule has 1 aromatic rings. The smallest absolute Gasteiger partial charge is 0.305 e. The van der Waals surface area contributed by atoms with E-state index in [9.17, 15) is 9.90 Å². The average Bonchev–Trinajstić information content (AvgIpc) is 2.85. The number of carbonyl (C=O) groups excluding carboxylic acids is 1. The molecule has 0 aliphatic rings. The molecular weight excluding hydrogens is 480 g/mol. The first kappa shape index (κ1) is 35.5. The van der Waals surface area contributed by atoms with Crippen LogP contribution in [-0.4, -0.2) is 17.7 Å². The molecule has 3 heteroatoms. The van der Waals surface area contributed by atoms with Crippen LogP contribution in [0, 0.1) is 0 Å². The van der Waals surface area contributed by atoms with Gasteiger partial charge in [0.25, 0.3) is 0 Å². The summed E-state index contributed by atoms with van der Waals surface area (Å²) < 4.78 is 5.50. The van der Waals surface area contributed by atoms with Gasteiger partial charge in [0.15, 0.2) is 0 Å². The van der Waals surface area contributed by atoms with Crippen LogP contribution in [0.4, 0.5) is 0 Å². The van der Waals surface area contributed by atoms with E-state index in [1.807, 2.05) is 0 Å². The molecule has 0 fully saturated rings. The Morgan fingerprint density at radius 2 is 1.03 bits per heavy atom. The van der Waals surface area contributed by atoms with E-state index in [0.717, 1.165) is 36.8 Å². The molecule has 0 radical (unpaired) electrons. The number of phenolic OH excluding ortho intramolecular Hbond substituents is 1. The monoisotopic (exact) mass is 544 g/mol. The molecule has 1 aromatic carbocycles. The van der Waals surface area contributed by atoms with Gasteiger partial charge in [0.1, 0.15) is 5.75 Å². The van der Waals surface area contributed by atoms with Crippen molar-refractivity contribution in [2.75, 3.05) is 6.61 Å². The fraction of sp³-hybridized carbons (Fsp3) is 0.806. The summed E-state index contributed by atoms with van der Waals surface area (Å²) in [6.07, 6.45) is 23.6. The minimum Gasteiger partial charge on any atom is -0.507 e. The molecule has 39 heavy (non-hydrogen) atoms. The highest BCUT2D eigenvalue weighted by atomic mass is 16.5. The van der Waals surface area contributed by atoms with Gasteiger partial charge in [-0.15, -0.1) is 0 Å². The van der Waals surface area contributed by atoms with Crippen molar-refractivity contribution in [3.63, 3.8) is 0 Å². The highest BCUT2D eigenvalue weighted by Crippen LogP contribution is 2.40. The standard InChI is InChI=1S/C36H64O3/c1-8-9-10-11-12-13-14-15-16-17-18-19-20-21-22-23-27-39-33(37)26-24-25-30-28-31(35(2,3)4)34(38)32(29-30)36(5,6)7/h28-29,38H,8-27H2,1-7H3. The minimum absolute atomic E-state index is 0.0816. The van der Waals surface area contributed by atoms with Gasteiger partial charge in [0, 0.05) is 6.42 Å². The number of aryl methyl sites for hydroxylation is 1. The summed E-state index contributed by atoms with van der Waals surface area (Å²) in [5, 5.41) is 10.9. The van der Waals surface area contributed by atoms with Crippen LogP contribution in [0.1, 0.15) is 181 Å². The highest BCUT2D eigenvalue weighted by Gasteiger charge is 2.26. The molecule has 0 saturated carbocycles. The van der Waals surface area contributed by atoms with E-state index in [1.165, 1.54) is 95.5 Å². The van der Waals surface area contributed by atoms with Crippen molar-refractivity contribution in [1.29, 1.82) is 0 Å². The van der Waals surface area contributed by atoms with Gasteiger partial charge in [-0.2, -0.15) is 0 Å². The molecule has 0 bridgehead atoms. The summed E-state index contributed by atoms with van der Waals surface area (Å²) in [4.78, 5) is 12.2. The zero-order valence-corrected chi connectivity index (χ0v) is 27.1. The lowest BCUT2D eigenvalue weighted by Gasteiger charge is -2.28. The Kier molecular flexibility index (Phi) is 17.8. The maximum absolute atomic E-state index is 12.2. The quantitative estimate of drug-likeness (QED) is 0.124. The molecule has 0 unspecified atom stereocenters. The van der Waals surface area contributed by atoms with Gasteiger partial charge < -0.3 is 9.84 Å². The third-order valence-corrected chi connectivity index (χ3v) is 7.89. The molecule has 0 atom stereocenters. The molecule has 0 heterocycles. The Morgan fingerprint density at radius 1 is 0.641 bits per heavy atom. The van der Waals surface area contributed by atoms with Crippen LogP contribution in [0.5, 0.6) is 5.75 Å². The van der Waals surface area contributed by atoms with Crippen molar-refractivity contribution in [2.45, 2.75) is 181 Å². The summed E-state index contributed by atoms with van der Waals surface area (Å²) in [5.41, 5.74) is 2.89. The molecule has 0 spiro atoms. The van der Waals surface area contributed by atoms with Crippen molar-refractivity contribution in [2.24, 2.45) is 0 Å². The Morgan fingerprint density at radius 3 is 1.41 bits per heavy atom. The molecule has 0 saturated heterocycles. The van der Waals surface area contributed by atoms with Gasteiger partial charge >= 0.3 is 5.97 Å². The van der Waals surface area contributed by atoms with Crippen LogP contribution in [0.3, 0.4) is 0 Å². The summed E-state index contributed by atoms with van der Waals surface area (Å²) >= 11 is 0. The Labute approximate surface area is 242 Å². The number of ether oxygens (including phenoxy) is 1. The van der Waals surface area contributed by atoms with Crippen LogP contribution >= 0.6 is 0 Å². The maximum Gasteiger partial charge on any atom is 0.305 e. The second-order valence-electron chi connectivity index (χ2n) is 13.9. The lowest BCUT2D eigenvalue weighted by molar-refractivity contribution is -0.143. The van der Waals surface area contributed by atoms with E-state index in [4.69, 9.17) is 4.74 Å². The van der Waals surface area contributed by atoms with Crippen molar-refractivity contribution in [1.82, 2.24) is 0 Å². The summed E-state index contributed by atoms with van der Waals surface area (Å²) in [5.74, 6) is 0.332. The molecule has 3 nitrogen and oxygen atoms in total. The predicted octanol–water partition coefficient (Wildman–Crippen LogP) is 11.1. The first-order valence-electron chi connectivity index (χ1n) is 16.5. The molecule has 0 aliphatic carbocycles. The van der Waals surface area contributed by atoms with Gasteiger partial charge in [0.05, 0.1) is 6.61 Å². The maximum atomic E-state index is 12.2. The average molecular weight is 545 g/mol. The highest BCUT2D eigenvalue weighted by molar-refractivity contribution is 5.69. The SMILES string of the molecule is CCCCCCCCCCCCCCCCCCOC(=O)CCCc1cc(C(C)(C)C)c(O)c(C(C)(C)C)c1. The van der Waals surface area contributed by atoms with Crippen molar-refractivity contribution in [3.05, 3.63) is 28.8 Å². The van der Waals surface area contributed by atoms with E-state index in [-0.39, 0.29) is 16.8 Å². The van der Waals surface area contributed by atoms with Gasteiger partial charge in [-0.05, 0) is 46.8 Å². The van der Waals surface area contributed by atoms with Crippen LogP contribution in [-0.2, 0) is 26.8 Å². The third kappa shape index (κ3) is 16.4. The van der Waals surface area contributed by atoms with Crippen molar-refractivity contribution in [3.8, 4) is 5.75 Å². The van der Waals surface area contributed by atoms with Crippen molar-refractivity contribution < 1.29 is 14.6 Å². The summed E-state index contributed by atoms with van der Waals surface area (Å²) in [6, 6.07) is 4.23. The Hall–Kier alpha value is -1.51. The van der Waals surface area contributed by atoms with Crippen LogP contribution in [0.15, 0.2) is 12.1 Å². The fourth-order valence-corrected chi connectivity index (χ4v) is 5.33. The predicted molar refractivity (Wildman–Crippen MR) is 169 cm³/mol. The number of hydrogen-bond acceptors (Lipinski definition) is 3. The van der Waals surface area contributed by atoms with Crippen LogP contribution in [0.25, 0.3) is 0 Å². The van der Waals surface area contributed by atoms with Gasteiger partial charge in [0.2, 0.25) is 0 Å². The largest absolute Gasteiger partial charge is 0.507 e. The van der Waals surface area contributed by atoms with E-state index in [2.05, 4.69) is 60.6 Å². The molecule has 1 rings (SSSR count). The van der Waals surface area contributed by atoms with Gasteiger partial charge in [-0.3, -0.25) is 4.79 Å². The van der Waals surface area contributed by atoms with E-state index in [0.29, 0.717) is 18.8 Å². The minimum atomic E-state index is -0.133. The van der Waals surface area contributed by atoms with Gasteiger partial charge in [-0.1, -0.05) is 157 Å². The number of benzene rings is 1. The summed E-state index contributed by atoms with van der Waals surface area (Å²) in [6.45, 7) is 15.6. The van der Waals surface area contributed by atoms with E-state index >= 15 is 0 Å². The first-order valence-corrected chi connectivity index (χ1v) is 16.5.